The van der Waals surface area contributed by atoms with Gasteiger partial charge in [0.15, 0.2) is 0 Å². The van der Waals surface area contributed by atoms with Crippen molar-refractivity contribution in [2.45, 2.75) is 6.42 Å². The lowest BCUT2D eigenvalue weighted by molar-refractivity contribution is 0.0796. The molecule has 2 nitrogen and oxygen atoms in total. The highest BCUT2D eigenvalue weighted by Crippen LogP contribution is 2.17. The van der Waals surface area contributed by atoms with Crippen LogP contribution in [0.3, 0.4) is 0 Å². The second-order valence-electron chi connectivity index (χ2n) is 4.18. The number of hydrogen-bond acceptors (Lipinski definition) is 2. The first-order chi connectivity index (χ1) is 9.08. The van der Waals surface area contributed by atoms with Gasteiger partial charge < -0.3 is 4.90 Å². The Bertz CT molecular complexity index is 571. The van der Waals surface area contributed by atoms with Crippen LogP contribution in [-0.2, 0) is 6.42 Å². The molecule has 0 saturated carbocycles. The van der Waals surface area contributed by atoms with E-state index in [1.54, 1.807) is 35.4 Å². The molecule has 1 aromatic carbocycles. The highest BCUT2D eigenvalue weighted by atomic mass is 79.9. The number of hydrogen-bond donors (Lipinski definition) is 0. The fraction of sp³-hybridized carbons (Fsp3) is 0.214. The van der Waals surface area contributed by atoms with Gasteiger partial charge in [0, 0.05) is 24.0 Å². The third-order valence-electron chi connectivity index (χ3n) is 2.79. The van der Waals surface area contributed by atoms with Crippen molar-refractivity contribution in [1.29, 1.82) is 0 Å². The smallest absolute Gasteiger partial charge is 0.253 e. The largest absolute Gasteiger partial charge is 0.341 e. The molecule has 100 valence electrons. The topological polar surface area (TPSA) is 20.3 Å². The maximum Gasteiger partial charge on any atom is 0.253 e. The van der Waals surface area contributed by atoms with E-state index in [-0.39, 0.29) is 5.91 Å². The molecule has 2 aromatic rings. The van der Waals surface area contributed by atoms with Gasteiger partial charge in [-0.05, 0) is 52.0 Å². The number of thiophene rings is 1. The average molecular weight is 342 g/mol. The molecule has 0 atom stereocenters. The molecule has 19 heavy (non-hydrogen) atoms. The summed E-state index contributed by atoms with van der Waals surface area (Å²) in [6.07, 6.45) is 0.818. The molecular formula is C14H13BrFNOS. The van der Waals surface area contributed by atoms with Gasteiger partial charge in [0.2, 0.25) is 0 Å². The van der Waals surface area contributed by atoms with E-state index in [2.05, 4.69) is 15.9 Å². The van der Waals surface area contributed by atoms with Crippen LogP contribution in [0.1, 0.15) is 15.2 Å². The summed E-state index contributed by atoms with van der Waals surface area (Å²) in [5.74, 6) is -0.583. The van der Waals surface area contributed by atoms with Crippen LogP contribution in [0.25, 0.3) is 0 Å². The minimum atomic E-state index is -0.419. The van der Waals surface area contributed by atoms with Crippen LogP contribution >= 0.6 is 27.3 Å². The number of benzene rings is 1. The molecule has 0 fully saturated rings. The van der Waals surface area contributed by atoms with Crippen molar-refractivity contribution in [3.63, 3.8) is 0 Å². The van der Waals surface area contributed by atoms with Crippen molar-refractivity contribution < 1.29 is 9.18 Å². The monoisotopic (exact) mass is 341 g/mol. The Hall–Kier alpha value is -1.20. The lowest BCUT2D eigenvalue weighted by Gasteiger charge is -2.16. The van der Waals surface area contributed by atoms with E-state index in [0.29, 0.717) is 16.6 Å². The highest BCUT2D eigenvalue weighted by Gasteiger charge is 2.13. The maximum absolute atomic E-state index is 13.4. The van der Waals surface area contributed by atoms with E-state index in [1.807, 2.05) is 17.5 Å². The summed E-state index contributed by atoms with van der Waals surface area (Å²) in [5, 5.41) is 2.02. The van der Waals surface area contributed by atoms with Crippen LogP contribution in [0.15, 0.2) is 40.2 Å². The van der Waals surface area contributed by atoms with E-state index in [9.17, 15) is 9.18 Å². The summed E-state index contributed by atoms with van der Waals surface area (Å²) >= 11 is 4.75. The van der Waals surface area contributed by atoms with E-state index in [0.717, 1.165) is 6.42 Å². The predicted molar refractivity (Wildman–Crippen MR) is 79.1 cm³/mol. The van der Waals surface area contributed by atoms with Gasteiger partial charge >= 0.3 is 0 Å². The Kier molecular flexibility index (Phi) is 4.71. The van der Waals surface area contributed by atoms with Crippen molar-refractivity contribution in [3.05, 3.63) is 56.4 Å². The van der Waals surface area contributed by atoms with Crippen LogP contribution in [0.2, 0.25) is 0 Å². The molecule has 0 aliphatic carbocycles. The van der Waals surface area contributed by atoms with E-state index in [1.165, 1.54) is 10.9 Å². The molecule has 2 rings (SSSR count). The van der Waals surface area contributed by atoms with Crippen LogP contribution in [0, 0.1) is 5.82 Å². The number of likely N-dealkylation sites (N-methyl/N-ethyl adjacent to an activating group) is 1. The lowest BCUT2D eigenvalue weighted by atomic mass is 10.2. The molecule has 1 amide bonds. The number of carbonyl (C=O) groups excluding carboxylic acids is 1. The van der Waals surface area contributed by atoms with Gasteiger partial charge in [-0.3, -0.25) is 4.79 Å². The van der Waals surface area contributed by atoms with Crippen molar-refractivity contribution >= 4 is 33.2 Å². The third kappa shape index (κ3) is 3.64. The summed E-state index contributed by atoms with van der Waals surface area (Å²) in [7, 11) is 1.73. The van der Waals surface area contributed by atoms with Gasteiger partial charge in [0.1, 0.15) is 5.82 Å². The number of carbonyl (C=O) groups is 1. The normalized spacial score (nSPS) is 10.5. The molecule has 1 heterocycles. The summed E-state index contributed by atoms with van der Waals surface area (Å²) in [6, 6.07) is 8.47. The maximum atomic E-state index is 13.4. The molecule has 0 aliphatic rings. The first-order valence-electron chi connectivity index (χ1n) is 5.81. The van der Waals surface area contributed by atoms with E-state index < -0.39 is 5.82 Å². The van der Waals surface area contributed by atoms with Crippen molar-refractivity contribution in [2.75, 3.05) is 13.6 Å². The molecule has 0 radical (unpaired) electrons. The number of amides is 1. The summed E-state index contributed by atoms with van der Waals surface area (Å²) in [4.78, 5) is 15.0. The number of halogens is 2. The first kappa shape index (κ1) is 14.2. The Morgan fingerprint density at radius 3 is 2.84 bits per heavy atom. The first-order valence-corrected chi connectivity index (χ1v) is 7.48. The Morgan fingerprint density at radius 2 is 2.21 bits per heavy atom. The van der Waals surface area contributed by atoms with E-state index >= 15 is 0 Å². The second-order valence-corrected chi connectivity index (χ2v) is 6.07. The van der Waals surface area contributed by atoms with Crippen LogP contribution in [0.5, 0.6) is 0 Å². The molecule has 0 N–H and O–H groups in total. The quantitative estimate of drug-likeness (QED) is 0.824. The van der Waals surface area contributed by atoms with Gasteiger partial charge in [-0.2, -0.15) is 0 Å². The highest BCUT2D eigenvalue weighted by molar-refractivity contribution is 9.10. The number of rotatable bonds is 4. The zero-order valence-corrected chi connectivity index (χ0v) is 12.8. The molecule has 0 spiro atoms. The van der Waals surface area contributed by atoms with Gasteiger partial charge in [0.25, 0.3) is 5.91 Å². The standard InChI is InChI=1S/C14H13BrFNOS/c1-17(7-6-11-3-2-8-19-11)14(18)10-4-5-12(15)13(16)9-10/h2-5,8-9H,6-7H2,1H3. The van der Waals surface area contributed by atoms with Crippen LogP contribution in [-0.4, -0.2) is 24.4 Å². The van der Waals surface area contributed by atoms with Gasteiger partial charge in [0.05, 0.1) is 4.47 Å². The Morgan fingerprint density at radius 1 is 1.42 bits per heavy atom. The van der Waals surface area contributed by atoms with Gasteiger partial charge in [-0.15, -0.1) is 11.3 Å². The number of nitrogens with zero attached hydrogens (tertiary/aromatic N) is 1. The summed E-state index contributed by atoms with van der Waals surface area (Å²) < 4.78 is 13.8. The second kappa shape index (κ2) is 6.30. The van der Waals surface area contributed by atoms with E-state index in [4.69, 9.17) is 0 Å². The van der Waals surface area contributed by atoms with Gasteiger partial charge in [-0.25, -0.2) is 4.39 Å². The minimum Gasteiger partial charge on any atom is -0.341 e. The minimum absolute atomic E-state index is 0.164. The zero-order chi connectivity index (χ0) is 13.8. The summed E-state index contributed by atoms with van der Waals surface area (Å²) in [5.41, 5.74) is 0.370. The lowest BCUT2D eigenvalue weighted by Crippen LogP contribution is -2.28. The van der Waals surface area contributed by atoms with Crippen molar-refractivity contribution in [1.82, 2.24) is 4.90 Å². The average Bonchev–Trinajstić information content (AvgIpc) is 2.91. The molecule has 0 aliphatic heterocycles. The SMILES string of the molecule is CN(CCc1cccs1)C(=O)c1ccc(Br)c(F)c1. The molecular weight excluding hydrogens is 329 g/mol. The van der Waals surface area contributed by atoms with Crippen LogP contribution in [0.4, 0.5) is 4.39 Å². The predicted octanol–water partition coefficient (Wildman–Crippen LogP) is 3.96. The molecule has 0 unspecified atom stereocenters. The van der Waals surface area contributed by atoms with Crippen molar-refractivity contribution in [2.24, 2.45) is 0 Å². The fourth-order valence-electron chi connectivity index (χ4n) is 1.68. The Labute approximate surface area is 124 Å². The summed E-state index contributed by atoms with van der Waals surface area (Å²) in [6.45, 7) is 0.622. The molecule has 0 saturated heterocycles. The fourth-order valence-corrected chi connectivity index (χ4v) is 2.63. The van der Waals surface area contributed by atoms with Crippen LogP contribution < -0.4 is 0 Å². The van der Waals surface area contributed by atoms with Crippen molar-refractivity contribution in [3.8, 4) is 0 Å². The zero-order valence-electron chi connectivity index (χ0n) is 10.4. The third-order valence-corrected chi connectivity index (χ3v) is 4.37. The Balaban J connectivity index is 2.00. The van der Waals surface area contributed by atoms with Gasteiger partial charge in [-0.1, -0.05) is 6.07 Å². The molecule has 1 aromatic heterocycles. The molecule has 5 heteroatoms. The molecule has 0 bridgehead atoms.